The van der Waals surface area contributed by atoms with E-state index in [0.717, 1.165) is 4.68 Å². The van der Waals surface area contributed by atoms with Crippen molar-refractivity contribution >= 4 is 23.4 Å². The number of nitrogens with two attached hydrogens (primary N) is 1. The van der Waals surface area contributed by atoms with Crippen molar-refractivity contribution in [2.75, 3.05) is 0 Å². The molecule has 0 aliphatic heterocycles. The van der Waals surface area contributed by atoms with Gasteiger partial charge >= 0.3 is 18.0 Å². The van der Waals surface area contributed by atoms with E-state index in [1.807, 2.05) is 0 Å². The van der Waals surface area contributed by atoms with E-state index in [-0.39, 0.29) is 24.0 Å². The lowest BCUT2D eigenvalue weighted by Gasteiger charge is -2.28. The Hall–Kier alpha value is -3.94. The Morgan fingerprint density at radius 2 is 1.77 bits per heavy atom. The minimum Gasteiger partial charge on any atom is -0.389 e. The third-order valence-electron chi connectivity index (χ3n) is 4.99. The smallest absolute Gasteiger partial charge is 0.389 e. The fourth-order valence-corrected chi connectivity index (χ4v) is 4.18. The molecule has 2 heterocycles. The van der Waals surface area contributed by atoms with Gasteiger partial charge in [-0.25, -0.2) is 9.07 Å². The van der Waals surface area contributed by atoms with Crippen LogP contribution in [0.15, 0.2) is 34.4 Å². The molecule has 0 aliphatic rings. The Balaban J connectivity index is 2.25. The van der Waals surface area contributed by atoms with Gasteiger partial charge in [-0.1, -0.05) is 0 Å². The van der Waals surface area contributed by atoms with Gasteiger partial charge in [0.1, 0.15) is 11.5 Å². The van der Waals surface area contributed by atoms with Gasteiger partial charge in [-0.05, 0) is 42.1 Å². The zero-order chi connectivity index (χ0) is 30.4. The summed E-state index contributed by atoms with van der Waals surface area (Å²) in [5, 5.41) is 32.0. The number of alkyl halides is 7. The Bertz CT molecular complexity index is 1470. The summed E-state index contributed by atoms with van der Waals surface area (Å²) in [6, 6.07) is 0.965. The van der Waals surface area contributed by atoms with Gasteiger partial charge in [-0.15, -0.1) is 5.10 Å². The number of nitrogens with zero attached hydrogens (tertiary/aromatic N) is 6. The summed E-state index contributed by atoms with van der Waals surface area (Å²) < 4.78 is 109. The molecule has 3 rings (SSSR count). The third-order valence-corrected chi connectivity index (χ3v) is 6.11. The number of carbonyl (C=O) groups excluding carboxylic acids is 1. The van der Waals surface area contributed by atoms with Crippen LogP contribution >= 0.6 is 11.8 Å². The molecule has 0 aliphatic carbocycles. The van der Waals surface area contributed by atoms with E-state index < -0.39 is 73.2 Å². The maximum atomic E-state index is 15.1. The zero-order valence-electron chi connectivity index (χ0n) is 19.9. The highest BCUT2D eigenvalue weighted by molar-refractivity contribution is 7.99. The SMILES string of the molecule is CC(C)(O)Cn1nnnc1Sc1c(C(N)=O)cc([N+](=O)[O-])cc1-c1ncc(C(F)(F)C(F)(F)C(F)(F)F)cc1F. The average Bonchev–Trinajstić information content (AvgIpc) is 3.22. The molecule has 216 valence electrons. The summed E-state index contributed by atoms with van der Waals surface area (Å²) in [5.74, 6) is -15.8. The summed E-state index contributed by atoms with van der Waals surface area (Å²) in [6.07, 6.45) is -6.88. The molecule has 0 spiro atoms. The number of nitro benzene ring substituents is 1. The normalized spacial score (nSPS) is 13.0. The number of pyridine rings is 1. The maximum absolute atomic E-state index is 15.1. The van der Waals surface area contributed by atoms with Gasteiger partial charge in [0.15, 0.2) is 0 Å². The third kappa shape index (κ3) is 5.81. The van der Waals surface area contributed by atoms with Crippen molar-refractivity contribution in [3.8, 4) is 11.3 Å². The first-order valence-electron chi connectivity index (χ1n) is 10.4. The number of halogens is 8. The number of carbonyl (C=O) groups is 1. The molecule has 3 aromatic rings. The van der Waals surface area contributed by atoms with Crippen LogP contribution in [0, 0.1) is 15.9 Å². The molecule has 1 amide bonds. The van der Waals surface area contributed by atoms with E-state index in [4.69, 9.17) is 5.73 Å². The fourth-order valence-electron chi connectivity index (χ4n) is 3.18. The predicted octanol–water partition coefficient (Wildman–Crippen LogP) is 4.09. The molecule has 1 aromatic carbocycles. The number of aliphatic hydroxyl groups is 1. The van der Waals surface area contributed by atoms with Crippen molar-refractivity contribution in [2.24, 2.45) is 5.73 Å². The fraction of sp³-hybridized carbons (Fsp3) is 0.350. The van der Waals surface area contributed by atoms with Gasteiger partial charge in [0, 0.05) is 34.4 Å². The van der Waals surface area contributed by atoms with Gasteiger partial charge in [-0.2, -0.15) is 30.7 Å². The molecule has 3 N–H and O–H groups in total. The number of primary amides is 1. The summed E-state index contributed by atoms with van der Waals surface area (Å²) in [4.78, 5) is 25.4. The average molecular weight is 601 g/mol. The topological polar surface area (TPSA) is 163 Å². The molecule has 0 saturated heterocycles. The van der Waals surface area contributed by atoms with E-state index in [1.54, 1.807) is 0 Å². The lowest BCUT2D eigenvalue weighted by molar-refractivity contribution is -0.384. The summed E-state index contributed by atoms with van der Waals surface area (Å²) >= 11 is 0.453. The Morgan fingerprint density at radius 3 is 2.27 bits per heavy atom. The highest BCUT2D eigenvalue weighted by Crippen LogP contribution is 2.52. The molecule has 0 radical (unpaired) electrons. The Labute approximate surface area is 221 Å². The summed E-state index contributed by atoms with van der Waals surface area (Å²) in [7, 11) is 0. The molecule has 0 fully saturated rings. The predicted molar refractivity (Wildman–Crippen MR) is 118 cm³/mol. The molecule has 2 aromatic heterocycles. The van der Waals surface area contributed by atoms with Crippen LogP contribution < -0.4 is 5.73 Å². The number of hydrogen-bond donors (Lipinski definition) is 2. The van der Waals surface area contributed by atoms with Gasteiger partial charge < -0.3 is 10.8 Å². The maximum Gasteiger partial charge on any atom is 0.460 e. The van der Waals surface area contributed by atoms with Crippen LogP contribution in [-0.2, 0) is 12.5 Å². The Kier molecular flexibility index (Phi) is 7.82. The second kappa shape index (κ2) is 10.2. The monoisotopic (exact) mass is 601 g/mol. The van der Waals surface area contributed by atoms with Gasteiger partial charge in [0.25, 0.3) is 5.69 Å². The van der Waals surface area contributed by atoms with Crippen molar-refractivity contribution in [3.05, 3.63) is 51.5 Å². The molecule has 0 saturated carbocycles. The van der Waals surface area contributed by atoms with E-state index >= 15 is 4.39 Å². The molecule has 40 heavy (non-hydrogen) atoms. The number of nitro groups is 1. The van der Waals surface area contributed by atoms with Crippen LogP contribution in [0.1, 0.15) is 29.8 Å². The molecule has 11 nitrogen and oxygen atoms in total. The van der Waals surface area contributed by atoms with E-state index in [9.17, 15) is 50.7 Å². The van der Waals surface area contributed by atoms with E-state index in [2.05, 4.69) is 20.5 Å². The number of aromatic nitrogens is 5. The highest BCUT2D eigenvalue weighted by atomic mass is 32.2. The van der Waals surface area contributed by atoms with Crippen LogP contribution in [0.5, 0.6) is 0 Å². The summed E-state index contributed by atoms with van der Waals surface area (Å²) in [6.45, 7) is 2.53. The first-order valence-corrected chi connectivity index (χ1v) is 11.3. The van der Waals surface area contributed by atoms with Crippen molar-refractivity contribution in [1.82, 2.24) is 25.2 Å². The van der Waals surface area contributed by atoms with Gasteiger partial charge in [0.05, 0.1) is 22.6 Å². The van der Waals surface area contributed by atoms with Crippen molar-refractivity contribution in [2.45, 2.75) is 54.1 Å². The molecule has 0 bridgehead atoms. The van der Waals surface area contributed by atoms with Gasteiger partial charge in [0.2, 0.25) is 11.1 Å². The molecule has 0 atom stereocenters. The van der Waals surface area contributed by atoms with Crippen LogP contribution in [0.25, 0.3) is 11.3 Å². The summed E-state index contributed by atoms with van der Waals surface area (Å²) in [5.41, 5.74) is -1.43. The number of hydrogen-bond acceptors (Lipinski definition) is 9. The van der Waals surface area contributed by atoms with Crippen LogP contribution in [0.2, 0.25) is 0 Å². The number of non-ortho nitro benzene ring substituents is 1. The lowest BCUT2D eigenvalue weighted by Crippen LogP contribution is -2.50. The first-order chi connectivity index (χ1) is 18.2. The Morgan fingerprint density at radius 1 is 1.15 bits per heavy atom. The lowest BCUT2D eigenvalue weighted by atomic mass is 10.0. The second-order valence-corrected chi connectivity index (χ2v) is 9.70. The second-order valence-electron chi connectivity index (χ2n) is 8.73. The highest BCUT2D eigenvalue weighted by Gasteiger charge is 2.73. The number of benzene rings is 1. The van der Waals surface area contributed by atoms with E-state index in [0.29, 0.717) is 23.9 Å². The van der Waals surface area contributed by atoms with Crippen LogP contribution in [0.3, 0.4) is 0 Å². The molecular formula is C20H15F8N7O4S. The minimum absolute atomic E-state index is 0.173. The number of rotatable bonds is 9. The van der Waals surface area contributed by atoms with Crippen molar-refractivity contribution in [1.29, 1.82) is 0 Å². The molecule has 0 unspecified atom stereocenters. The van der Waals surface area contributed by atoms with Gasteiger partial charge in [-0.3, -0.25) is 19.9 Å². The van der Waals surface area contributed by atoms with Crippen molar-refractivity contribution < 1.29 is 49.9 Å². The zero-order valence-corrected chi connectivity index (χ0v) is 20.7. The molecular weight excluding hydrogens is 586 g/mol. The standard InChI is InChI=1S/C20H15F8N7O4S/c1-17(2,37)7-34-16(31-32-33-34)40-14-10(4-9(35(38)39)5-11(14)15(29)36)13-12(21)3-8(6-30-13)18(22,23)19(24,25)20(26,27)28/h3-6,37H,7H2,1-2H3,(H2,29,36). The molecule has 20 heteroatoms. The first kappa shape index (κ1) is 30.6. The number of amides is 1. The largest absolute Gasteiger partial charge is 0.460 e. The van der Waals surface area contributed by atoms with E-state index in [1.165, 1.54) is 13.8 Å². The van der Waals surface area contributed by atoms with Crippen molar-refractivity contribution in [3.63, 3.8) is 0 Å². The van der Waals surface area contributed by atoms with Crippen LogP contribution in [0.4, 0.5) is 40.8 Å². The minimum atomic E-state index is -6.71. The van der Waals surface area contributed by atoms with Crippen LogP contribution in [-0.4, -0.2) is 58.8 Å². The quantitative estimate of drug-likeness (QED) is 0.209. The number of tetrazole rings is 1.